The standard InChI is InChI=1S/C26H27FN8O/c27-20-6-2-1-4-17(20)16-35-21-7-3-5-19(21)22(33-35)25-31-24(28)23(34-12-14-36-15-13-34)26(32-25)30-18-8-10-29-11-9-18/h1-2,4,6,8-11H,3,5,7,12-16H2,(H3,28,29,30,31,32). The number of anilines is 4. The van der Waals surface area contributed by atoms with Gasteiger partial charge in [0.25, 0.3) is 0 Å². The van der Waals surface area contributed by atoms with Crippen molar-refractivity contribution >= 4 is 23.0 Å². The summed E-state index contributed by atoms with van der Waals surface area (Å²) in [7, 11) is 0. The first-order valence-electron chi connectivity index (χ1n) is 12.2. The highest BCUT2D eigenvalue weighted by Crippen LogP contribution is 2.37. The molecule has 1 saturated heterocycles. The highest BCUT2D eigenvalue weighted by molar-refractivity contribution is 5.82. The summed E-state index contributed by atoms with van der Waals surface area (Å²) >= 11 is 0. The van der Waals surface area contributed by atoms with Crippen molar-refractivity contribution in [2.45, 2.75) is 25.8 Å². The summed E-state index contributed by atoms with van der Waals surface area (Å²) in [6, 6.07) is 10.6. The molecule has 6 rings (SSSR count). The highest BCUT2D eigenvalue weighted by Gasteiger charge is 2.28. The Labute approximate surface area is 208 Å². The van der Waals surface area contributed by atoms with Gasteiger partial charge in [0.05, 0.1) is 19.8 Å². The first-order valence-corrected chi connectivity index (χ1v) is 12.2. The smallest absolute Gasteiger partial charge is 0.184 e. The number of halogens is 1. The van der Waals surface area contributed by atoms with E-state index in [4.69, 9.17) is 25.5 Å². The molecule has 4 aromatic rings. The molecule has 36 heavy (non-hydrogen) atoms. The molecule has 1 aliphatic carbocycles. The molecule has 0 unspecified atom stereocenters. The van der Waals surface area contributed by atoms with Crippen LogP contribution in [0.2, 0.25) is 0 Å². The lowest BCUT2D eigenvalue weighted by Gasteiger charge is -2.30. The maximum atomic E-state index is 14.4. The largest absolute Gasteiger partial charge is 0.382 e. The Kier molecular flexibility index (Phi) is 5.94. The third-order valence-electron chi connectivity index (χ3n) is 6.68. The molecule has 1 fully saturated rings. The molecule has 0 atom stereocenters. The highest BCUT2D eigenvalue weighted by atomic mass is 19.1. The van der Waals surface area contributed by atoms with Gasteiger partial charge in [-0.15, -0.1) is 0 Å². The van der Waals surface area contributed by atoms with Crippen LogP contribution in [0.5, 0.6) is 0 Å². The number of hydrogen-bond donors (Lipinski definition) is 2. The van der Waals surface area contributed by atoms with Crippen molar-refractivity contribution in [1.29, 1.82) is 0 Å². The van der Waals surface area contributed by atoms with Crippen LogP contribution >= 0.6 is 0 Å². The lowest BCUT2D eigenvalue weighted by Crippen LogP contribution is -2.37. The zero-order valence-electron chi connectivity index (χ0n) is 19.8. The van der Waals surface area contributed by atoms with Crippen LogP contribution in [0.1, 0.15) is 23.2 Å². The van der Waals surface area contributed by atoms with Crippen molar-refractivity contribution in [3.63, 3.8) is 0 Å². The van der Waals surface area contributed by atoms with Crippen molar-refractivity contribution < 1.29 is 9.13 Å². The van der Waals surface area contributed by atoms with Crippen LogP contribution in [-0.4, -0.2) is 51.0 Å². The Balaban J connectivity index is 1.43. The van der Waals surface area contributed by atoms with Gasteiger partial charge in [-0.1, -0.05) is 18.2 Å². The van der Waals surface area contributed by atoms with E-state index in [9.17, 15) is 4.39 Å². The van der Waals surface area contributed by atoms with Crippen LogP contribution in [0.15, 0.2) is 48.8 Å². The van der Waals surface area contributed by atoms with E-state index >= 15 is 0 Å². The number of aromatic nitrogens is 5. The molecule has 4 heterocycles. The third-order valence-corrected chi connectivity index (χ3v) is 6.68. The summed E-state index contributed by atoms with van der Waals surface area (Å²) in [5.74, 6) is 1.22. The van der Waals surface area contributed by atoms with Gasteiger partial charge in [0.15, 0.2) is 17.5 Å². The lowest BCUT2D eigenvalue weighted by molar-refractivity contribution is 0.123. The van der Waals surface area contributed by atoms with Gasteiger partial charge >= 0.3 is 0 Å². The average Bonchev–Trinajstić information content (AvgIpc) is 3.50. The van der Waals surface area contributed by atoms with Crippen LogP contribution in [0, 0.1) is 5.82 Å². The van der Waals surface area contributed by atoms with Crippen LogP contribution < -0.4 is 16.0 Å². The van der Waals surface area contributed by atoms with E-state index in [-0.39, 0.29) is 5.82 Å². The zero-order valence-corrected chi connectivity index (χ0v) is 19.8. The number of nitrogens with one attached hydrogen (secondary N) is 1. The minimum atomic E-state index is -0.236. The normalized spacial score (nSPS) is 15.2. The van der Waals surface area contributed by atoms with Crippen LogP contribution in [0.3, 0.4) is 0 Å². The quantitative estimate of drug-likeness (QED) is 0.426. The maximum absolute atomic E-state index is 14.4. The molecule has 0 radical (unpaired) electrons. The molecule has 0 bridgehead atoms. The van der Waals surface area contributed by atoms with Gasteiger partial charge in [-0.2, -0.15) is 5.10 Å². The predicted molar refractivity (Wildman–Crippen MR) is 136 cm³/mol. The zero-order chi connectivity index (χ0) is 24.5. The molecule has 184 valence electrons. The fourth-order valence-electron chi connectivity index (χ4n) is 4.94. The minimum absolute atomic E-state index is 0.236. The van der Waals surface area contributed by atoms with Gasteiger partial charge in [-0.05, 0) is 37.5 Å². The Morgan fingerprint density at radius 1 is 1.03 bits per heavy atom. The lowest BCUT2D eigenvalue weighted by atomic mass is 10.2. The second-order valence-corrected chi connectivity index (χ2v) is 8.97. The topological polar surface area (TPSA) is 107 Å². The molecular weight excluding hydrogens is 459 g/mol. The molecule has 1 aromatic carbocycles. The average molecular weight is 487 g/mol. The van der Waals surface area contributed by atoms with E-state index in [0.717, 1.165) is 41.9 Å². The molecule has 10 heteroatoms. The Bertz CT molecular complexity index is 1380. The van der Waals surface area contributed by atoms with Gasteiger partial charge in [0.1, 0.15) is 17.2 Å². The van der Waals surface area contributed by atoms with Gasteiger partial charge in [-0.25, -0.2) is 14.4 Å². The van der Waals surface area contributed by atoms with E-state index in [1.807, 2.05) is 22.9 Å². The summed E-state index contributed by atoms with van der Waals surface area (Å²) in [6.07, 6.45) is 6.23. The first kappa shape index (κ1) is 22.4. The molecule has 2 aliphatic rings. The summed E-state index contributed by atoms with van der Waals surface area (Å²) in [5.41, 5.74) is 11.7. The summed E-state index contributed by atoms with van der Waals surface area (Å²) in [6.45, 7) is 2.99. The Morgan fingerprint density at radius 2 is 1.83 bits per heavy atom. The summed E-state index contributed by atoms with van der Waals surface area (Å²) in [4.78, 5) is 15.9. The second-order valence-electron chi connectivity index (χ2n) is 8.97. The van der Waals surface area contributed by atoms with Crippen molar-refractivity contribution in [1.82, 2.24) is 24.7 Å². The van der Waals surface area contributed by atoms with Gasteiger partial charge in [0.2, 0.25) is 0 Å². The number of nitrogens with zero attached hydrogens (tertiary/aromatic N) is 6. The number of benzene rings is 1. The van der Waals surface area contributed by atoms with Gasteiger partial charge < -0.3 is 20.7 Å². The monoisotopic (exact) mass is 486 g/mol. The van der Waals surface area contributed by atoms with Crippen LogP contribution in [-0.2, 0) is 24.1 Å². The molecule has 1 aliphatic heterocycles. The van der Waals surface area contributed by atoms with E-state index in [2.05, 4.69) is 15.2 Å². The molecule has 3 N–H and O–H groups in total. The number of rotatable bonds is 6. The van der Waals surface area contributed by atoms with Crippen molar-refractivity contribution in [3.8, 4) is 11.5 Å². The Morgan fingerprint density at radius 3 is 2.64 bits per heavy atom. The molecule has 0 amide bonds. The number of morpholine rings is 1. The van der Waals surface area contributed by atoms with Gasteiger partial charge in [0, 0.05) is 48.0 Å². The molecular formula is C26H27FN8O. The molecule has 3 aromatic heterocycles. The first-order chi connectivity index (χ1) is 17.7. The van der Waals surface area contributed by atoms with E-state index in [1.165, 1.54) is 6.07 Å². The number of fused-ring (bicyclic) bond motifs is 1. The van der Waals surface area contributed by atoms with Gasteiger partial charge in [-0.3, -0.25) is 9.67 Å². The third kappa shape index (κ3) is 4.24. The number of nitrogens with two attached hydrogens (primary N) is 1. The van der Waals surface area contributed by atoms with Crippen molar-refractivity contribution in [3.05, 3.63) is 71.4 Å². The fraction of sp³-hybridized carbons (Fsp3) is 0.308. The van der Waals surface area contributed by atoms with E-state index in [0.29, 0.717) is 61.6 Å². The van der Waals surface area contributed by atoms with Crippen LogP contribution in [0.4, 0.5) is 27.4 Å². The number of ether oxygens (including phenoxy) is 1. The SMILES string of the molecule is Nc1nc(-c2nn(Cc3ccccc3F)c3c2CCC3)nc(Nc2ccncc2)c1N1CCOCC1. The van der Waals surface area contributed by atoms with Crippen molar-refractivity contribution in [2.75, 3.05) is 42.3 Å². The molecule has 0 spiro atoms. The van der Waals surface area contributed by atoms with E-state index in [1.54, 1.807) is 24.5 Å². The van der Waals surface area contributed by atoms with Crippen molar-refractivity contribution in [2.24, 2.45) is 0 Å². The number of nitrogen functional groups attached to an aromatic ring is 1. The van der Waals surface area contributed by atoms with E-state index < -0.39 is 0 Å². The molecule has 0 saturated carbocycles. The summed E-state index contributed by atoms with van der Waals surface area (Å²) < 4.78 is 21.8. The Hall–Kier alpha value is -4.05. The maximum Gasteiger partial charge on any atom is 0.184 e. The summed E-state index contributed by atoms with van der Waals surface area (Å²) in [5, 5.41) is 8.27. The fourth-order valence-corrected chi connectivity index (χ4v) is 4.94. The number of pyridine rings is 1. The van der Waals surface area contributed by atoms with Crippen LogP contribution in [0.25, 0.3) is 11.5 Å². The minimum Gasteiger partial charge on any atom is -0.382 e. The predicted octanol–water partition coefficient (Wildman–Crippen LogP) is 3.57. The second kappa shape index (κ2) is 9.54. The molecule has 9 nitrogen and oxygen atoms in total. The number of hydrogen-bond acceptors (Lipinski definition) is 8.